The first-order valence-electron chi connectivity index (χ1n) is 8.05. The Balaban J connectivity index is 1.66. The summed E-state index contributed by atoms with van der Waals surface area (Å²) < 4.78 is 11.7. The van der Waals surface area contributed by atoms with E-state index >= 15 is 0 Å². The molecule has 0 fully saturated rings. The van der Waals surface area contributed by atoms with Crippen molar-refractivity contribution < 1.29 is 24.2 Å². The number of aromatic nitrogens is 2. The van der Waals surface area contributed by atoms with Gasteiger partial charge in [-0.1, -0.05) is 0 Å². The maximum Gasteiger partial charge on any atom is 0.305 e. The van der Waals surface area contributed by atoms with Crippen LogP contribution >= 0.6 is 31.9 Å². The molecule has 0 aromatic carbocycles. The van der Waals surface area contributed by atoms with E-state index in [9.17, 15) is 9.59 Å². The van der Waals surface area contributed by atoms with Gasteiger partial charge in [0.1, 0.15) is 9.21 Å². The van der Waals surface area contributed by atoms with Crippen molar-refractivity contribution >= 4 is 49.8 Å². The molecule has 1 aliphatic carbocycles. The van der Waals surface area contributed by atoms with E-state index in [4.69, 9.17) is 14.6 Å². The molecule has 0 unspecified atom stereocenters. The van der Waals surface area contributed by atoms with Crippen LogP contribution in [0.2, 0.25) is 0 Å². The summed E-state index contributed by atoms with van der Waals surface area (Å²) in [5.41, 5.74) is 2.23. The fourth-order valence-electron chi connectivity index (χ4n) is 2.24. The van der Waals surface area contributed by atoms with Crippen molar-refractivity contribution in [3.05, 3.63) is 26.2 Å². The minimum atomic E-state index is -0.890. The number of fused-ring (bicyclic) bond motifs is 1. The van der Waals surface area contributed by atoms with Crippen molar-refractivity contribution in [3.8, 4) is 0 Å². The number of nitrogens with one attached hydrogen (secondary N) is 1. The molecule has 8 nitrogen and oxygen atoms in total. The Morgan fingerprint density at radius 3 is 2.50 bits per heavy atom. The Hall–Kier alpha value is -1.36. The zero-order valence-electron chi connectivity index (χ0n) is 14.0. The van der Waals surface area contributed by atoms with Crippen LogP contribution < -0.4 is 5.32 Å². The number of nitrogens with zero attached hydrogens (tertiary/aromatic N) is 2. The van der Waals surface area contributed by atoms with Gasteiger partial charge in [0, 0.05) is 12.1 Å². The lowest BCUT2D eigenvalue weighted by molar-refractivity contribution is -0.138. The van der Waals surface area contributed by atoms with Gasteiger partial charge in [-0.3, -0.25) is 9.59 Å². The lowest BCUT2D eigenvalue weighted by atomic mass is 9.99. The van der Waals surface area contributed by atoms with Crippen LogP contribution in [0.5, 0.6) is 0 Å². The second-order valence-corrected chi connectivity index (χ2v) is 6.93. The summed E-state index contributed by atoms with van der Waals surface area (Å²) in [4.78, 5) is 31.3. The Kier molecular flexibility index (Phi) is 8.63. The number of halogens is 2. The van der Waals surface area contributed by atoms with E-state index in [1.807, 2.05) is 0 Å². The summed E-state index contributed by atoms with van der Waals surface area (Å²) in [5, 5.41) is 11.3. The number of carboxylic acids is 1. The van der Waals surface area contributed by atoms with Crippen LogP contribution in [0, 0.1) is 0 Å². The van der Waals surface area contributed by atoms with Gasteiger partial charge in [0.05, 0.1) is 44.2 Å². The van der Waals surface area contributed by atoms with Gasteiger partial charge in [-0.05, 0) is 50.8 Å². The smallest absolute Gasteiger partial charge is 0.305 e. The average molecular weight is 493 g/mol. The zero-order chi connectivity index (χ0) is 18.9. The normalized spacial score (nSPS) is 13.1. The first kappa shape index (κ1) is 20.9. The number of carbonyl (C=O) groups is 2. The largest absolute Gasteiger partial charge is 0.481 e. The molecule has 1 amide bonds. The van der Waals surface area contributed by atoms with Gasteiger partial charge in [0.15, 0.2) is 0 Å². The number of ether oxygens (including phenoxy) is 2. The van der Waals surface area contributed by atoms with Gasteiger partial charge in [-0.2, -0.15) is 0 Å². The molecule has 1 aromatic rings. The summed E-state index contributed by atoms with van der Waals surface area (Å²) in [7, 11) is 0. The highest BCUT2D eigenvalue weighted by atomic mass is 79.9. The maximum absolute atomic E-state index is 12.2. The Morgan fingerprint density at radius 2 is 1.77 bits per heavy atom. The number of aryl methyl sites for hydroxylation is 1. The molecule has 26 heavy (non-hydrogen) atoms. The average Bonchev–Trinajstić information content (AvgIpc) is 2.60. The predicted molar refractivity (Wildman–Crippen MR) is 101 cm³/mol. The van der Waals surface area contributed by atoms with Gasteiger partial charge < -0.3 is 19.9 Å². The third-order valence-corrected chi connectivity index (χ3v) is 5.15. The summed E-state index contributed by atoms with van der Waals surface area (Å²) in [5.74, 6) is -1.03. The molecule has 10 heteroatoms. The van der Waals surface area contributed by atoms with Crippen LogP contribution in [0.4, 0.5) is 0 Å². The van der Waals surface area contributed by atoms with Crippen molar-refractivity contribution in [3.63, 3.8) is 0 Å². The van der Waals surface area contributed by atoms with Crippen LogP contribution in [0.15, 0.2) is 14.8 Å². The van der Waals surface area contributed by atoms with Crippen molar-refractivity contribution in [1.29, 1.82) is 0 Å². The Morgan fingerprint density at radius 1 is 1.08 bits per heavy atom. The van der Waals surface area contributed by atoms with Crippen molar-refractivity contribution in [2.45, 2.75) is 19.3 Å². The second kappa shape index (κ2) is 10.7. The van der Waals surface area contributed by atoms with Gasteiger partial charge in [0.2, 0.25) is 5.91 Å². The van der Waals surface area contributed by atoms with Crippen LogP contribution in [0.1, 0.15) is 24.2 Å². The van der Waals surface area contributed by atoms with E-state index in [0.717, 1.165) is 5.69 Å². The standard InChI is InChI=1S/C16H19Br2N3O5/c17-14-15(18)21-12-9-10(1-2-11(12)20-14)16(24)19-4-6-26-8-7-25-5-3-13(22)23/h9H,1-8H2,(H,19,24)(H,22,23). The summed E-state index contributed by atoms with van der Waals surface area (Å²) in [6, 6.07) is 0. The first-order chi connectivity index (χ1) is 12.5. The number of amides is 1. The van der Waals surface area contributed by atoms with Crippen LogP contribution in [0.25, 0.3) is 6.08 Å². The van der Waals surface area contributed by atoms with Crippen LogP contribution in [-0.4, -0.2) is 59.9 Å². The van der Waals surface area contributed by atoms with Crippen molar-refractivity contribution in [1.82, 2.24) is 15.3 Å². The minimum Gasteiger partial charge on any atom is -0.481 e. The highest BCUT2D eigenvalue weighted by Crippen LogP contribution is 2.26. The molecule has 142 valence electrons. The Bertz CT molecular complexity index is 697. The second-order valence-electron chi connectivity index (χ2n) is 5.43. The summed E-state index contributed by atoms with van der Waals surface area (Å²) in [6.45, 7) is 1.58. The van der Waals surface area contributed by atoms with E-state index in [-0.39, 0.29) is 18.9 Å². The lowest BCUT2D eigenvalue weighted by Gasteiger charge is -2.15. The molecule has 0 radical (unpaired) electrons. The highest BCUT2D eigenvalue weighted by molar-refractivity contribution is 9.13. The van der Waals surface area contributed by atoms with E-state index < -0.39 is 5.97 Å². The van der Waals surface area contributed by atoms with Gasteiger partial charge in [-0.15, -0.1) is 0 Å². The van der Waals surface area contributed by atoms with Crippen molar-refractivity contribution in [2.75, 3.05) is 33.0 Å². The predicted octanol–water partition coefficient (Wildman–Crippen LogP) is 1.96. The molecule has 1 aromatic heterocycles. The molecule has 0 aliphatic heterocycles. The fraction of sp³-hybridized carbons (Fsp3) is 0.500. The molecule has 1 aliphatic rings. The number of carbonyl (C=O) groups excluding carboxylic acids is 1. The third-order valence-electron chi connectivity index (χ3n) is 3.52. The highest BCUT2D eigenvalue weighted by Gasteiger charge is 2.19. The fourth-order valence-corrected chi connectivity index (χ4v) is 2.82. The maximum atomic E-state index is 12.2. The molecule has 0 saturated carbocycles. The van der Waals surface area contributed by atoms with E-state index in [1.54, 1.807) is 6.08 Å². The first-order valence-corrected chi connectivity index (χ1v) is 9.64. The van der Waals surface area contributed by atoms with Gasteiger partial charge in [0.25, 0.3) is 0 Å². The summed E-state index contributed by atoms with van der Waals surface area (Å²) in [6.07, 6.45) is 3.01. The number of carboxylic acid groups (broad SMARTS) is 1. The monoisotopic (exact) mass is 491 g/mol. The van der Waals surface area contributed by atoms with Crippen molar-refractivity contribution in [2.24, 2.45) is 0 Å². The minimum absolute atomic E-state index is 0.0216. The molecule has 0 bridgehead atoms. The number of hydrogen-bond donors (Lipinski definition) is 2. The number of hydrogen-bond acceptors (Lipinski definition) is 6. The molecular formula is C16H19Br2N3O5. The number of aliphatic carboxylic acids is 1. The molecule has 0 saturated heterocycles. The summed E-state index contributed by atoms with van der Waals surface area (Å²) >= 11 is 6.64. The SMILES string of the molecule is O=C(O)CCOCCOCCNC(=O)C1=Cc2nc(Br)c(Br)nc2CC1. The van der Waals surface area contributed by atoms with Crippen LogP contribution in [-0.2, 0) is 25.5 Å². The molecular weight excluding hydrogens is 474 g/mol. The zero-order valence-corrected chi connectivity index (χ0v) is 17.1. The number of rotatable bonds is 10. The topological polar surface area (TPSA) is 111 Å². The Labute approximate surface area is 167 Å². The van der Waals surface area contributed by atoms with E-state index in [2.05, 4.69) is 47.1 Å². The molecule has 1 heterocycles. The molecule has 0 atom stereocenters. The third kappa shape index (κ3) is 6.75. The van der Waals surface area contributed by atoms with Crippen LogP contribution in [0.3, 0.4) is 0 Å². The molecule has 2 rings (SSSR count). The quantitative estimate of drug-likeness (QED) is 0.480. The molecule has 2 N–H and O–H groups in total. The lowest BCUT2D eigenvalue weighted by Crippen LogP contribution is -2.30. The van der Waals surface area contributed by atoms with Gasteiger partial charge >= 0.3 is 5.97 Å². The van der Waals surface area contributed by atoms with E-state index in [0.29, 0.717) is 59.7 Å². The van der Waals surface area contributed by atoms with E-state index in [1.165, 1.54) is 0 Å². The van der Waals surface area contributed by atoms with Gasteiger partial charge in [-0.25, -0.2) is 9.97 Å². The molecule has 0 spiro atoms.